The second-order valence-electron chi connectivity index (χ2n) is 4.80. The fraction of sp³-hybridized carbons (Fsp3) is 0.833. The summed E-state index contributed by atoms with van der Waals surface area (Å²) in [5.74, 6) is -0.842. The fourth-order valence-corrected chi connectivity index (χ4v) is 1.89. The largest absolute Gasteiger partial charge is 0.479 e. The van der Waals surface area contributed by atoms with E-state index in [4.69, 9.17) is 14.9 Å². The first-order valence-corrected chi connectivity index (χ1v) is 6.41. The molecule has 0 radical (unpaired) electrons. The molecular formula is C12H22N2O5. The second-order valence-corrected chi connectivity index (χ2v) is 4.80. The molecule has 0 aromatic heterocycles. The number of carboxylic acids is 1. The Balaban J connectivity index is 2.48. The van der Waals surface area contributed by atoms with Gasteiger partial charge in [-0.3, -0.25) is 0 Å². The monoisotopic (exact) mass is 274 g/mol. The molecule has 0 bridgehead atoms. The lowest BCUT2D eigenvalue weighted by Crippen LogP contribution is -2.49. The molecule has 7 heteroatoms. The maximum absolute atomic E-state index is 12.0. The minimum absolute atomic E-state index is 0.0946. The van der Waals surface area contributed by atoms with Crippen LogP contribution in [-0.2, 0) is 9.53 Å². The van der Waals surface area contributed by atoms with E-state index in [9.17, 15) is 9.59 Å². The third-order valence-electron chi connectivity index (χ3n) is 3.32. The summed E-state index contributed by atoms with van der Waals surface area (Å²) in [4.78, 5) is 24.1. The normalized spacial score (nSPS) is 17.6. The molecule has 110 valence electrons. The van der Waals surface area contributed by atoms with Gasteiger partial charge in [-0.25, -0.2) is 9.59 Å². The molecule has 0 spiro atoms. The quantitative estimate of drug-likeness (QED) is 0.573. The molecule has 1 fully saturated rings. The van der Waals surface area contributed by atoms with E-state index >= 15 is 0 Å². The van der Waals surface area contributed by atoms with E-state index in [1.165, 1.54) is 0 Å². The number of carboxylic acid groups (broad SMARTS) is 1. The molecule has 0 aliphatic heterocycles. The number of rotatable bonds is 8. The summed E-state index contributed by atoms with van der Waals surface area (Å²) in [7, 11) is 1.56. The van der Waals surface area contributed by atoms with Gasteiger partial charge >= 0.3 is 12.0 Å². The number of aliphatic hydroxyl groups excluding tert-OH is 1. The SMILES string of the molecule is COCCN(C(=O)NCC(O)C(=O)O)C(C)C1CC1. The van der Waals surface area contributed by atoms with Crippen molar-refractivity contribution in [3.8, 4) is 0 Å². The van der Waals surface area contributed by atoms with Gasteiger partial charge in [-0.05, 0) is 25.7 Å². The first kappa shape index (κ1) is 15.7. The van der Waals surface area contributed by atoms with Gasteiger partial charge in [-0.15, -0.1) is 0 Å². The van der Waals surface area contributed by atoms with Crippen molar-refractivity contribution in [1.29, 1.82) is 0 Å². The van der Waals surface area contributed by atoms with Gasteiger partial charge in [-0.1, -0.05) is 0 Å². The maximum Gasteiger partial charge on any atom is 0.334 e. The summed E-state index contributed by atoms with van der Waals surface area (Å²) < 4.78 is 4.97. The molecule has 19 heavy (non-hydrogen) atoms. The first-order chi connectivity index (χ1) is 8.97. The number of ether oxygens (including phenoxy) is 1. The van der Waals surface area contributed by atoms with Crippen LogP contribution in [-0.4, -0.2) is 66.1 Å². The highest BCUT2D eigenvalue weighted by atomic mass is 16.5. The van der Waals surface area contributed by atoms with Crippen LogP contribution >= 0.6 is 0 Å². The number of carbonyl (C=O) groups is 2. The minimum Gasteiger partial charge on any atom is -0.479 e. The van der Waals surface area contributed by atoms with Crippen molar-refractivity contribution in [3.63, 3.8) is 0 Å². The summed E-state index contributed by atoms with van der Waals surface area (Å²) in [5, 5.41) is 20.1. The Bertz CT molecular complexity index is 319. The van der Waals surface area contributed by atoms with Crippen molar-refractivity contribution in [1.82, 2.24) is 10.2 Å². The Morgan fingerprint density at radius 3 is 2.58 bits per heavy atom. The Hall–Kier alpha value is -1.34. The standard InChI is InChI=1S/C12H22N2O5/c1-8(9-3-4-9)14(5-6-19-2)12(18)13-7-10(15)11(16)17/h8-10,15H,3-7H2,1-2H3,(H,13,18)(H,16,17). The van der Waals surface area contributed by atoms with Gasteiger partial charge in [0.25, 0.3) is 0 Å². The summed E-state index contributed by atoms with van der Waals surface area (Å²) >= 11 is 0. The van der Waals surface area contributed by atoms with E-state index in [1.807, 2.05) is 6.92 Å². The predicted octanol–water partition coefficient (Wildman–Crippen LogP) is -0.112. The number of carbonyl (C=O) groups excluding carboxylic acids is 1. The van der Waals surface area contributed by atoms with Crippen LogP contribution in [0.2, 0.25) is 0 Å². The molecule has 2 unspecified atom stereocenters. The molecule has 2 amide bonds. The van der Waals surface area contributed by atoms with Gasteiger partial charge in [0.15, 0.2) is 6.10 Å². The lowest BCUT2D eigenvalue weighted by molar-refractivity contribution is -0.146. The van der Waals surface area contributed by atoms with Gasteiger partial charge in [0, 0.05) is 19.7 Å². The minimum atomic E-state index is -1.58. The highest BCUT2D eigenvalue weighted by Crippen LogP contribution is 2.35. The van der Waals surface area contributed by atoms with Crippen LogP contribution in [0, 0.1) is 5.92 Å². The number of amides is 2. The van der Waals surface area contributed by atoms with E-state index in [0.717, 1.165) is 12.8 Å². The summed E-state index contributed by atoms with van der Waals surface area (Å²) in [6, 6.07) is -0.270. The van der Waals surface area contributed by atoms with E-state index in [2.05, 4.69) is 5.32 Å². The molecule has 1 saturated carbocycles. The third-order valence-corrected chi connectivity index (χ3v) is 3.32. The maximum atomic E-state index is 12.0. The molecule has 1 rings (SSSR count). The van der Waals surface area contributed by atoms with Crippen molar-refractivity contribution in [2.45, 2.75) is 31.9 Å². The molecule has 0 aromatic rings. The van der Waals surface area contributed by atoms with Crippen molar-refractivity contribution < 1.29 is 24.5 Å². The van der Waals surface area contributed by atoms with Crippen molar-refractivity contribution in [2.24, 2.45) is 5.92 Å². The first-order valence-electron chi connectivity index (χ1n) is 6.41. The molecule has 0 heterocycles. The summed E-state index contributed by atoms with van der Waals surface area (Å²) in [6.45, 7) is 2.55. The Morgan fingerprint density at radius 2 is 2.11 bits per heavy atom. The van der Waals surface area contributed by atoms with Gasteiger partial charge in [0.05, 0.1) is 13.2 Å². The van der Waals surface area contributed by atoms with Crippen LogP contribution in [0.4, 0.5) is 4.79 Å². The Kier molecular flexibility index (Phi) is 6.04. The van der Waals surface area contributed by atoms with Crippen LogP contribution < -0.4 is 5.32 Å². The average molecular weight is 274 g/mol. The number of hydrogen-bond donors (Lipinski definition) is 3. The van der Waals surface area contributed by atoms with E-state index < -0.39 is 12.1 Å². The zero-order valence-corrected chi connectivity index (χ0v) is 11.3. The zero-order valence-electron chi connectivity index (χ0n) is 11.3. The van der Waals surface area contributed by atoms with E-state index in [-0.39, 0.29) is 18.6 Å². The molecule has 3 N–H and O–H groups in total. The number of nitrogens with one attached hydrogen (secondary N) is 1. The number of urea groups is 1. The lowest BCUT2D eigenvalue weighted by atomic mass is 10.2. The highest BCUT2D eigenvalue weighted by molar-refractivity contribution is 5.77. The third kappa shape index (κ3) is 5.04. The molecule has 2 atom stereocenters. The average Bonchev–Trinajstić information content (AvgIpc) is 3.19. The smallest absolute Gasteiger partial charge is 0.334 e. The van der Waals surface area contributed by atoms with Gasteiger partial charge in [-0.2, -0.15) is 0 Å². The van der Waals surface area contributed by atoms with Crippen LogP contribution in [0.5, 0.6) is 0 Å². The fourth-order valence-electron chi connectivity index (χ4n) is 1.89. The number of nitrogens with zero attached hydrogens (tertiary/aromatic N) is 1. The topological polar surface area (TPSA) is 99.1 Å². The van der Waals surface area contributed by atoms with Crippen molar-refractivity contribution in [3.05, 3.63) is 0 Å². The zero-order chi connectivity index (χ0) is 14.4. The Morgan fingerprint density at radius 1 is 1.47 bits per heavy atom. The van der Waals surface area contributed by atoms with Crippen LogP contribution in [0.15, 0.2) is 0 Å². The number of methoxy groups -OCH3 is 1. The molecule has 0 aromatic carbocycles. The Labute approximate surface area is 112 Å². The molecule has 0 saturated heterocycles. The van der Waals surface area contributed by atoms with Crippen molar-refractivity contribution >= 4 is 12.0 Å². The summed E-state index contributed by atoms with van der Waals surface area (Å²) in [6.07, 6.45) is 0.634. The second kappa shape index (κ2) is 7.30. The van der Waals surface area contributed by atoms with Crippen LogP contribution in [0.3, 0.4) is 0 Å². The molecule has 7 nitrogen and oxygen atoms in total. The van der Waals surface area contributed by atoms with Crippen LogP contribution in [0.25, 0.3) is 0 Å². The van der Waals surface area contributed by atoms with E-state index in [1.54, 1.807) is 12.0 Å². The van der Waals surface area contributed by atoms with Gasteiger partial charge in [0.2, 0.25) is 0 Å². The molecule has 1 aliphatic rings. The number of aliphatic carboxylic acids is 1. The van der Waals surface area contributed by atoms with E-state index in [0.29, 0.717) is 19.1 Å². The number of hydrogen-bond acceptors (Lipinski definition) is 4. The lowest BCUT2D eigenvalue weighted by Gasteiger charge is -2.29. The summed E-state index contributed by atoms with van der Waals surface area (Å²) in [5.41, 5.74) is 0. The highest BCUT2D eigenvalue weighted by Gasteiger charge is 2.34. The van der Waals surface area contributed by atoms with Crippen molar-refractivity contribution in [2.75, 3.05) is 26.8 Å². The van der Waals surface area contributed by atoms with Gasteiger partial charge < -0.3 is 25.2 Å². The van der Waals surface area contributed by atoms with Gasteiger partial charge in [0.1, 0.15) is 0 Å². The molecule has 1 aliphatic carbocycles. The molecular weight excluding hydrogens is 252 g/mol. The van der Waals surface area contributed by atoms with Crippen LogP contribution in [0.1, 0.15) is 19.8 Å². The predicted molar refractivity (Wildman–Crippen MR) is 67.8 cm³/mol. The number of aliphatic hydroxyl groups is 1.